The molecule has 37 heavy (non-hydrogen) atoms. The molecule has 0 unspecified atom stereocenters. The number of ether oxygens (including phenoxy) is 3. The van der Waals surface area contributed by atoms with Crippen LogP contribution in [-0.4, -0.2) is 44.3 Å². The molecule has 0 radical (unpaired) electrons. The van der Waals surface area contributed by atoms with Gasteiger partial charge in [-0.05, 0) is 36.4 Å². The predicted molar refractivity (Wildman–Crippen MR) is 137 cm³/mol. The fourth-order valence-electron chi connectivity index (χ4n) is 3.19. The van der Waals surface area contributed by atoms with Crippen LogP contribution >= 0.6 is 0 Å². The maximum Gasteiger partial charge on any atom is 0.287 e. The summed E-state index contributed by atoms with van der Waals surface area (Å²) in [4.78, 5) is 36.4. The summed E-state index contributed by atoms with van der Waals surface area (Å²) in [7, 11) is 4.38. The van der Waals surface area contributed by atoms with Crippen LogP contribution < -0.4 is 25.0 Å². The second-order valence-electron chi connectivity index (χ2n) is 7.37. The fourth-order valence-corrected chi connectivity index (χ4v) is 3.19. The zero-order valence-electron chi connectivity index (χ0n) is 20.3. The van der Waals surface area contributed by atoms with E-state index in [-0.39, 0.29) is 16.9 Å². The smallest absolute Gasteiger partial charge is 0.287 e. The molecule has 0 aromatic heterocycles. The largest absolute Gasteiger partial charge is 0.497 e. The van der Waals surface area contributed by atoms with Crippen molar-refractivity contribution in [1.82, 2.24) is 10.7 Å². The van der Waals surface area contributed by atoms with E-state index in [4.69, 9.17) is 14.2 Å². The van der Waals surface area contributed by atoms with E-state index in [1.165, 1.54) is 51.8 Å². The zero-order valence-corrected chi connectivity index (χ0v) is 20.3. The molecule has 3 aromatic carbocycles. The van der Waals surface area contributed by atoms with Crippen LogP contribution in [0.2, 0.25) is 0 Å². The number of non-ortho nitro benzene ring substituents is 1. The first kappa shape index (κ1) is 26.4. The number of nitro groups is 1. The van der Waals surface area contributed by atoms with Gasteiger partial charge in [0, 0.05) is 34.9 Å². The van der Waals surface area contributed by atoms with Crippen molar-refractivity contribution in [2.75, 3.05) is 21.3 Å². The van der Waals surface area contributed by atoms with Gasteiger partial charge in [0.25, 0.3) is 17.5 Å². The average Bonchev–Trinajstić information content (AvgIpc) is 2.92. The normalized spacial score (nSPS) is 11.1. The third-order valence-electron chi connectivity index (χ3n) is 5.06. The van der Waals surface area contributed by atoms with E-state index >= 15 is 0 Å². The Labute approximate surface area is 212 Å². The lowest BCUT2D eigenvalue weighted by atomic mass is 10.1. The minimum Gasteiger partial charge on any atom is -0.497 e. The minimum atomic E-state index is -0.747. The number of hydrogen-bond acceptors (Lipinski definition) is 8. The standard InChI is InChI=1S/C26H24N4O7/c1-35-21-11-9-18(24(15-21)37-3)14-22(28-25(31)17-7-5-4-6-8-17)26(32)29-27-16-19-13-20(30(33)34)10-12-23(19)36-2/h4-16H,1-3H3,(H,28,31)(H,29,32). The van der Waals surface area contributed by atoms with Gasteiger partial charge in [-0.1, -0.05) is 18.2 Å². The molecule has 0 aliphatic carbocycles. The van der Waals surface area contributed by atoms with Gasteiger partial charge in [-0.25, -0.2) is 5.43 Å². The Morgan fingerprint density at radius 3 is 2.27 bits per heavy atom. The van der Waals surface area contributed by atoms with E-state index in [2.05, 4.69) is 15.8 Å². The molecule has 0 aliphatic rings. The topological polar surface area (TPSA) is 141 Å². The lowest BCUT2D eigenvalue weighted by Gasteiger charge is -2.12. The van der Waals surface area contributed by atoms with E-state index in [0.717, 1.165) is 0 Å². The number of hydrazone groups is 1. The Balaban J connectivity index is 1.92. The maximum atomic E-state index is 13.0. The summed E-state index contributed by atoms with van der Waals surface area (Å²) in [5, 5.41) is 17.6. The average molecular weight is 504 g/mol. The summed E-state index contributed by atoms with van der Waals surface area (Å²) >= 11 is 0. The summed E-state index contributed by atoms with van der Waals surface area (Å²) < 4.78 is 15.8. The highest BCUT2D eigenvalue weighted by atomic mass is 16.6. The fraction of sp³-hybridized carbons (Fsp3) is 0.115. The van der Waals surface area contributed by atoms with Gasteiger partial charge < -0.3 is 19.5 Å². The molecule has 3 rings (SSSR count). The molecular weight excluding hydrogens is 480 g/mol. The van der Waals surface area contributed by atoms with Gasteiger partial charge in [-0.15, -0.1) is 0 Å². The van der Waals surface area contributed by atoms with Crippen LogP contribution in [0.15, 0.2) is 77.5 Å². The highest BCUT2D eigenvalue weighted by Crippen LogP contribution is 2.26. The quantitative estimate of drug-likeness (QED) is 0.186. The molecule has 0 bridgehead atoms. The number of amides is 2. The van der Waals surface area contributed by atoms with Crippen LogP contribution in [0.4, 0.5) is 5.69 Å². The molecule has 0 aliphatic heterocycles. The number of hydrogen-bond donors (Lipinski definition) is 2. The summed E-state index contributed by atoms with van der Waals surface area (Å²) in [5.74, 6) is 0.00796. The van der Waals surface area contributed by atoms with Crippen LogP contribution in [0, 0.1) is 10.1 Å². The zero-order chi connectivity index (χ0) is 26.8. The highest BCUT2D eigenvalue weighted by Gasteiger charge is 2.16. The second-order valence-corrected chi connectivity index (χ2v) is 7.37. The molecule has 2 N–H and O–H groups in total. The van der Waals surface area contributed by atoms with Gasteiger partial charge in [0.2, 0.25) is 0 Å². The Morgan fingerprint density at radius 2 is 1.62 bits per heavy atom. The van der Waals surface area contributed by atoms with Crippen LogP contribution in [0.25, 0.3) is 6.08 Å². The van der Waals surface area contributed by atoms with E-state index in [0.29, 0.717) is 28.4 Å². The van der Waals surface area contributed by atoms with Crippen molar-refractivity contribution < 1.29 is 28.7 Å². The monoisotopic (exact) mass is 504 g/mol. The van der Waals surface area contributed by atoms with Crippen molar-refractivity contribution >= 4 is 29.8 Å². The number of carbonyl (C=O) groups is 2. The van der Waals surface area contributed by atoms with Crippen LogP contribution in [-0.2, 0) is 4.79 Å². The molecule has 11 nitrogen and oxygen atoms in total. The Hall–Kier alpha value is -5.19. The first-order valence-electron chi connectivity index (χ1n) is 10.8. The number of carbonyl (C=O) groups excluding carboxylic acids is 2. The van der Waals surface area contributed by atoms with Crippen molar-refractivity contribution in [2.45, 2.75) is 0 Å². The summed E-state index contributed by atoms with van der Waals surface area (Å²) in [5.41, 5.74) is 3.13. The van der Waals surface area contributed by atoms with Crippen molar-refractivity contribution in [3.63, 3.8) is 0 Å². The number of nitrogens with one attached hydrogen (secondary N) is 2. The molecule has 0 saturated heterocycles. The summed E-state index contributed by atoms with van der Waals surface area (Å²) in [6, 6.07) is 17.3. The highest BCUT2D eigenvalue weighted by molar-refractivity contribution is 6.05. The number of rotatable bonds is 10. The molecule has 0 atom stereocenters. The maximum absolute atomic E-state index is 13.0. The molecule has 0 saturated carbocycles. The number of benzene rings is 3. The molecular formula is C26H24N4O7. The van der Waals surface area contributed by atoms with E-state index in [9.17, 15) is 19.7 Å². The number of nitro benzene ring substituents is 1. The Kier molecular flexibility index (Phi) is 8.92. The Bertz CT molecular complexity index is 1350. The van der Waals surface area contributed by atoms with Gasteiger partial charge in [0.05, 0.1) is 32.5 Å². The predicted octanol–water partition coefficient (Wildman–Crippen LogP) is 3.54. The SMILES string of the molecule is COc1ccc(C=C(NC(=O)c2ccccc2)C(=O)NN=Cc2cc([N+](=O)[O-])ccc2OC)c(OC)c1. The van der Waals surface area contributed by atoms with E-state index in [1.807, 2.05) is 0 Å². The van der Waals surface area contributed by atoms with E-state index in [1.54, 1.807) is 48.5 Å². The molecule has 0 heterocycles. The Morgan fingerprint density at radius 1 is 0.892 bits per heavy atom. The van der Waals surface area contributed by atoms with Crippen LogP contribution in [0.5, 0.6) is 17.2 Å². The number of methoxy groups -OCH3 is 3. The summed E-state index contributed by atoms with van der Waals surface area (Å²) in [6.07, 6.45) is 2.63. The first-order chi connectivity index (χ1) is 17.9. The second kappa shape index (κ2) is 12.5. The lowest BCUT2D eigenvalue weighted by molar-refractivity contribution is -0.384. The van der Waals surface area contributed by atoms with Gasteiger partial charge in [-0.2, -0.15) is 5.10 Å². The molecule has 3 aromatic rings. The third kappa shape index (κ3) is 6.92. The van der Waals surface area contributed by atoms with Gasteiger partial charge in [-0.3, -0.25) is 19.7 Å². The van der Waals surface area contributed by atoms with Gasteiger partial charge in [0.1, 0.15) is 22.9 Å². The molecule has 190 valence electrons. The molecule has 0 spiro atoms. The van der Waals surface area contributed by atoms with Gasteiger partial charge >= 0.3 is 0 Å². The van der Waals surface area contributed by atoms with E-state index < -0.39 is 16.7 Å². The minimum absolute atomic E-state index is 0.125. The summed E-state index contributed by atoms with van der Waals surface area (Å²) in [6.45, 7) is 0. The van der Waals surface area contributed by atoms with Crippen LogP contribution in [0.3, 0.4) is 0 Å². The molecule has 2 amide bonds. The third-order valence-corrected chi connectivity index (χ3v) is 5.06. The van der Waals surface area contributed by atoms with Gasteiger partial charge in [0.15, 0.2) is 0 Å². The van der Waals surface area contributed by atoms with Crippen LogP contribution in [0.1, 0.15) is 21.5 Å². The first-order valence-corrected chi connectivity index (χ1v) is 10.8. The van der Waals surface area contributed by atoms with Crippen molar-refractivity contribution in [3.8, 4) is 17.2 Å². The van der Waals surface area contributed by atoms with Crippen molar-refractivity contribution in [2.24, 2.45) is 5.10 Å². The molecule has 11 heteroatoms. The van der Waals surface area contributed by atoms with Crippen molar-refractivity contribution in [1.29, 1.82) is 0 Å². The molecule has 0 fully saturated rings. The lowest BCUT2D eigenvalue weighted by Crippen LogP contribution is -2.32. The number of nitrogens with zero attached hydrogens (tertiary/aromatic N) is 2. The van der Waals surface area contributed by atoms with Crippen molar-refractivity contribution in [3.05, 3.63) is 99.2 Å².